The number of hydrogen-bond acceptors (Lipinski definition) is 5. The lowest BCUT2D eigenvalue weighted by atomic mass is 9.82. The predicted molar refractivity (Wildman–Crippen MR) is 125 cm³/mol. The summed E-state index contributed by atoms with van der Waals surface area (Å²) in [6, 6.07) is 11.4. The van der Waals surface area contributed by atoms with Gasteiger partial charge in [-0.15, -0.1) is 0 Å². The first-order valence-electron chi connectivity index (χ1n) is 11.5. The number of nitrogens with zero attached hydrogens (tertiary/aromatic N) is 3. The van der Waals surface area contributed by atoms with Crippen LogP contribution in [0.25, 0.3) is 10.9 Å². The summed E-state index contributed by atoms with van der Waals surface area (Å²) in [5.74, 6) is -0.497. The van der Waals surface area contributed by atoms with Gasteiger partial charge in [-0.05, 0) is 55.4 Å². The number of ether oxygens (including phenoxy) is 1. The Balaban J connectivity index is 1.76. The summed E-state index contributed by atoms with van der Waals surface area (Å²) in [4.78, 5) is 38.6. The van der Waals surface area contributed by atoms with E-state index in [1.807, 2.05) is 0 Å². The van der Waals surface area contributed by atoms with Crippen molar-refractivity contribution in [2.45, 2.75) is 44.9 Å². The van der Waals surface area contributed by atoms with Gasteiger partial charge in [-0.1, -0.05) is 24.3 Å². The molecule has 4 rings (SSSR count). The van der Waals surface area contributed by atoms with Gasteiger partial charge in [-0.25, -0.2) is 4.79 Å². The number of nitriles is 1. The fourth-order valence-electron chi connectivity index (χ4n) is 4.96. The molecular weight excluding hydrogens is 475 g/mol. The largest absolute Gasteiger partial charge is 0.469 e. The monoisotopic (exact) mass is 499 g/mol. The molecule has 0 N–H and O–H groups in total. The number of carbonyl (C=O) groups is 1. The topological polar surface area (TPSA) is 94.1 Å². The lowest BCUT2D eigenvalue weighted by molar-refractivity contribution is -0.146. The smallest absolute Gasteiger partial charge is 0.417 e. The Labute approximate surface area is 204 Å². The highest BCUT2D eigenvalue weighted by Gasteiger charge is 2.34. The molecule has 188 valence electrons. The molecule has 1 aliphatic rings. The molecule has 0 atom stereocenters. The summed E-state index contributed by atoms with van der Waals surface area (Å²) in [6.45, 7) is -0.175. The quantitative estimate of drug-likeness (QED) is 0.493. The summed E-state index contributed by atoms with van der Waals surface area (Å²) in [7, 11) is 1.34. The van der Waals surface area contributed by atoms with E-state index in [0.29, 0.717) is 25.7 Å². The molecule has 1 aromatic heterocycles. The molecule has 3 aromatic rings. The van der Waals surface area contributed by atoms with Crippen LogP contribution < -0.4 is 11.2 Å². The Morgan fingerprint density at radius 1 is 1.06 bits per heavy atom. The van der Waals surface area contributed by atoms with Crippen molar-refractivity contribution >= 4 is 16.9 Å². The molecule has 10 heteroatoms. The van der Waals surface area contributed by atoms with Crippen LogP contribution in [0.3, 0.4) is 0 Å². The number of esters is 1. The maximum atomic E-state index is 13.5. The van der Waals surface area contributed by atoms with Crippen molar-refractivity contribution in [3.8, 4) is 6.07 Å². The molecule has 0 amide bonds. The summed E-state index contributed by atoms with van der Waals surface area (Å²) in [6.07, 6.45) is -2.29. The molecule has 7 nitrogen and oxygen atoms in total. The molecule has 0 bridgehead atoms. The highest BCUT2D eigenvalue weighted by atomic mass is 19.4. The molecule has 1 saturated carbocycles. The van der Waals surface area contributed by atoms with Crippen LogP contribution in [-0.4, -0.2) is 22.2 Å². The van der Waals surface area contributed by atoms with E-state index < -0.39 is 28.6 Å². The van der Waals surface area contributed by atoms with E-state index in [9.17, 15) is 32.8 Å². The normalized spacial score (nSPS) is 18.1. The first-order valence-corrected chi connectivity index (χ1v) is 11.5. The fourth-order valence-corrected chi connectivity index (χ4v) is 4.96. The number of hydrogen-bond donors (Lipinski definition) is 0. The van der Waals surface area contributed by atoms with Crippen LogP contribution in [0.1, 0.15) is 42.4 Å². The Morgan fingerprint density at radius 3 is 2.39 bits per heavy atom. The summed E-state index contributed by atoms with van der Waals surface area (Å²) >= 11 is 0. The Morgan fingerprint density at radius 2 is 1.75 bits per heavy atom. The molecule has 1 heterocycles. The zero-order chi connectivity index (χ0) is 26.0. The predicted octanol–water partition coefficient (Wildman–Crippen LogP) is 4.08. The van der Waals surface area contributed by atoms with Gasteiger partial charge in [0.2, 0.25) is 0 Å². The van der Waals surface area contributed by atoms with E-state index in [-0.39, 0.29) is 47.4 Å². The zero-order valence-corrected chi connectivity index (χ0v) is 19.5. The molecule has 0 spiro atoms. The Kier molecular flexibility index (Phi) is 7.02. The molecule has 2 aromatic carbocycles. The second-order valence-electron chi connectivity index (χ2n) is 8.99. The van der Waals surface area contributed by atoms with Crippen LogP contribution in [0.4, 0.5) is 13.2 Å². The van der Waals surface area contributed by atoms with Gasteiger partial charge in [-0.2, -0.15) is 18.4 Å². The van der Waals surface area contributed by atoms with Crippen molar-refractivity contribution in [3.63, 3.8) is 0 Å². The van der Waals surface area contributed by atoms with Crippen molar-refractivity contribution in [2.75, 3.05) is 7.11 Å². The molecule has 36 heavy (non-hydrogen) atoms. The number of methoxy groups -OCH3 is 1. The highest BCUT2D eigenvalue weighted by molar-refractivity contribution is 5.78. The van der Waals surface area contributed by atoms with E-state index in [4.69, 9.17) is 4.74 Å². The van der Waals surface area contributed by atoms with Crippen molar-refractivity contribution < 1.29 is 22.7 Å². The van der Waals surface area contributed by atoms with Gasteiger partial charge >= 0.3 is 17.8 Å². The third-order valence-corrected chi connectivity index (χ3v) is 6.85. The first kappa shape index (κ1) is 25.2. The third kappa shape index (κ3) is 4.78. The lowest BCUT2D eigenvalue weighted by Gasteiger charge is -2.27. The van der Waals surface area contributed by atoms with Crippen molar-refractivity contribution in [1.82, 2.24) is 9.13 Å². The number of benzene rings is 2. The van der Waals surface area contributed by atoms with E-state index in [2.05, 4.69) is 0 Å². The van der Waals surface area contributed by atoms with Crippen molar-refractivity contribution in [3.05, 3.63) is 80.0 Å². The van der Waals surface area contributed by atoms with Crippen LogP contribution in [0.2, 0.25) is 0 Å². The Bertz CT molecular complexity index is 1460. The molecular formula is C26H24F3N3O4. The van der Waals surface area contributed by atoms with Gasteiger partial charge in [-0.3, -0.25) is 18.7 Å². The van der Waals surface area contributed by atoms with E-state index in [1.54, 1.807) is 30.3 Å². The minimum Gasteiger partial charge on any atom is -0.469 e. The standard InChI is InChI=1S/C26H24F3N3O4/c1-36-24(34)17-11-9-16(10-12-17)14-32-23(33)19-6-2-3-8-22(19)31(25(32)35)15-18-5-4-7-21(20(18)13-30)26(27,28)29/h2-8,16-17H,9-12,14-15H2,1H3/t16-,17-. The van der Waals surface area contributed by atoms with Crippen molar-refractivity contribution in [2.24, 2.45) is 11.8 Å². The van der Waals surface area contributed by atoms with Crippen LogP contribution in [0.5, 0.6) is 0 Å². The summed E-state index contributed by atoms with van der Waals surface area (Å²) in [5, 5.41) is 9.75. The number of rotatable bonds is 5. The SMILES string of the molecule is COC(=O)[C@H]1CC[C@H](Cn2c(=O)c3ccccc3n(Cc3cccc(C(F)(F)F)c3C#N)c2=O)CC1. The molecule has 0 aliphatic heterocycles. The van der Waals surface area contributed by atoms with Gasteiger partial charge in [0.05, 0.1) is 41.6 Å². The number of fused-ring (bicyclic) bond motifs is 1. The Hall–Kier alpha value is -3.87. The van der Waals surface area contributed by atoms with Crippen LogP contribution in [-0.2, 0) is 28.8 Å². The van der Waals surface area contributed by atoms with Gasteiger partial charge in [0.25, 0.3) is 5.56 Å². The van der Waals surface area contributed by atoms with Crippen LogP contribution in [0.15, 0.2) is 52.1 Å². The van der Waals surface area contributed by atoms with Crippen LogP contribution >= 0.6 is 0 Å². The molecule has 1 fully saturated rings. The highest BCUT2D eigenvalue weighted by Crippen LogP contribution is 2.33. The number of alkyl halides is 3. The number of halogens is 3. The van der Waals surface area contributed by atoms with E-state index in [0.717, 1.165) is 10.6 Å². The molecule has 0 saturated heterocycles. The fraction of sp³-hybridized carbons (Fsp3) is 0.385. The molecule has 1 aliphatic carbocycles. The molecule has 0 unspecified atom stereocenters. The minimum atomic E-state index is -4.73. The van der Waals surface area contributed by atoms with Gasteiger partial charge in [0.1, 0.15) is 6.07 Å². The second kappa shape index (κ2) is 10.0. The average Bonchev–Trinajstić information content (AvgIpc) is 2.88. The van der Waals surface area contributed by atoms with E-state index in [1.165, 1.54) is 23.8 Å². The van der Waals surface area contributed by atoms with Crippen molar-refractivity contribution in [1.29, 1.82) is 5.26 Å². The van der Waals surface area contributed by atoms with Crippen LogP contribution in [0, 0.1) is 23.2 Å². The first-order chi connectivity index (χ1) is 17.2. The number of carbonyl (C=O) groups excluding carboxylic acids is 1. The summed E-state index contributed by atoms with van der Waals surface area (Å²) < 4.78 is 47.6. The van der Waals surface area contributed by atoms with Gasteiger partial charge in [0.15, 0.2) is 0 Å². The van der Waals surface area contributed by atoms with Gasteiger partial charge in [0, 0.05) is 6.54 Å². The lowest BCUT2D eigenvalue weighted by Crippen LogP contribution is -2.42. The summed E-state index contributed by atoms with van der Waals surface area (Å²) in [5.41, 5.74) is -2.46. The number of para-hydroxylation sites is 1. The average molecular weight is 499 g/mol. The third-order valence-electron chi connectivity index (χ3n) is 6.85. The maximum absolute atomic E-state index is 13.5. The maximum Gasteiger partial charge on any atom is 0.417 e. The number of aromatic nitrogens is 2. The zero-order valence-electron chi connectivity index (χ0n) is 19.5. The van der Waals surface area contributed by atoms with Gasteiger partial charge < -0.3 is 4.74 Å². The molecule has 0 radical (unpaired) electrons. The van der Waals surface area contributed by atoms with E-state index >= 15 is 0 Å². The minimum absolute atomic E-state index is 0.0193. The second-order valence-corrected chi connectivity index (χ2v) is 8.99.